The summed E-state index contributed by atoms with van der Waals surface area (Å²) < 4.78 is 17.3. The first-order chi connectivity index (χ1) is 25.7. The van der Waals surface area contributed by atoms with E-state index in [0.29, 0.717) is 0 Å². The van der Waals surface area contributed by atoms with Gasteiger partial charge in [0.05, 0.1) is 22.5 Å². The first-order valence-electron chi connectivity index (χ1n) is 17.9. The molecule has 52 heavy (non-hydrogen) atoms. The van der Waals surface area contributed by atoms with Crippen LogP contribution < -0.4 is 4.90 Å². The van der Waals surface area contributed by atoms with Crippen molar-refractivity contribution in [3.63, 3.8) is 0 Å². The zero-order valence-corrected chi connectivity index (χ0v) is 29.1. The molecule has 0 saturated carbocycles. The highest BCUT2D eigenvalue weighted by molar-refractivity contribution is 8.21. The lowest BCUT2D eigenvalue weighted by Gasteiger charge is -2.47. The molecule has 11 rings (SSSR count). The van der Waals surface area contributed by atoms with Gasteiger partial charge in [0, 0.05) is 39.8 Å². The Labute approximate surface area is 303 Å². The van der Waals surface area contributed by atoms with E-state index in [1.165, 1.54) is 22.3 Å². The minimum absolute atomic E-state index is 0.570. The average Bonchev–Trinajstić information content (AvgIpc) is 3.61. The summed E-state index contributed by atoms with van der Waals surface area (Å²) in [5.41, 5.74) is 11.6. The quantitative estimate of drug-likeness (QED) is 0.185. The predicted molar refractivity (Wildman–Crippen MR) is 212 cm³/mol. The number of fused-ring (bicyclic) bond motifs is 12. The predicted octanol–water partition coefficient (Wildman–Crippen LogP) is 12.2. The third-order valence-electron chi connectivity index (χ3n) is 11.7. The van der Waals surface area contributed by atoms with Crippen LogP contribution in [0, 0.1) is 0 Å². The second kappa shape index (κ2) is 10.4. The molecule has 246 valence electrons. The van der Waals surface area contributed by atoms with Gasteiger partial charge in [-0.15, -0.1) is 0 Å². The molecule has 0 N–H and O–H groups in total. The lowest BCUT2D eigenvalue weighted by atomic mass is 9.62. The molecule has 3 aliphatic rings. The van der Waals surface area contributed by atoms with Gasteiger partial charge in [-0.3, -0.25) is 4.21 Å². The number of benzene rings is 8. The number of anilines is 3. The van der Waals surface area contributed by atoms with Gasteiger partial charge in [0.25, 0.3) is 0 Å². The molecule has 3 heterocycles. The van der Waals surface area contributed by atoms with Gasteiger partial charge in [-0.05, 0) is 75.8 Å². The molecule has 0 saturated heterocycles. The van der Waals surface area contributed by atoms with Crippen LogP contribution in [-0.4, -0.2) is 4.21 Å². The van der Waals surface area contributed by atoms with E-state index in [-0.39, 0.29) is 0 Å². The number of nitrogens with zero attached hydrogens (tertiary/aromatic N) is 1. The average molecular weight is 684 g/mol. The molecule has 1 spiro atoms. The Bertz CT molecular complexity index is 2680. The third-order valence-corrected chi connectivity index (χ3v) is 16.4. The van der Waals surface area contributed by atoms with Crippen LogP contribution in [0.5, 0.6) is 0 Å². The first-order valence-corrected chi connectivity index (χ1v) is 19.8. The standard InChI is InChI=1S/C49H33NOS/c51-52(44-30-14-7-22-36(44)37-23-8-15-31-45(37)52)46-32-16-9-24-38(46)48-43(29-17-33-47(48)52)50-41-27-12-10-25-39(41)49(34-18-3-1-4-19-34,35-20-5-2-6-21-35)40-26-11-13-28-42(40)50/h1-33H. The van der Waals surface area contributed by atoms with E-state index in [2.05, 4.69) is 187 Å². The van der Waals surface area contributed by atoms with Gasteiger partial charge >= 0.3 is 0 Å². The third kappa shape index (κ3) is 3.33. The van der Waals surface area contributed by atoms with Gasteiger partial charge in [-0.2, -0.15) is 0 Å². The Balaban J connectivity index is 1.27. The summed E-state index contributed by atoms with van der Waals surface area (Å²) in [6.07, 6.45) is 0. The summed E-state index contributed by atoms with van der Waals surface area (Å²) in [5, 5.41) is 0. The van der Waals surface area contributed by atoms with Crippen molar-refractivity contribution in [2.75, 3.05) is 4.90 Å². The molecular weight excluding hydrogens is 651 g/mol. The van der Waals surface area contributed by atoms with Crippen LogP contribution in [0.25, 0.3) is 22.3 Å². The second-order valence-corrected chi connectivity index (χ2v) is 17.6. The molecule has 0 fully saturated rings. The monoisotopic (exact) mass is 683 g/mol. The summed E-state index contributed by atoms with van der Waals surface area (Å²) in [6, 6.07) is 71.1. The maximum absolute atomic E-state index is 17.3. The molecule has 8 aromatic carbocycles. The second-order valence-electron chi connectivity index (χ2n) is 13.9. The van der Waals surface area contributed by atoms with Crippen LogP contribution in [0.15, 0.2) is 220 Å². The molecule has 0 amide bonds. The van der Waals surface area contributed by atoms with Crippen LogP contribution in [-0.2, 0) is 14.5 Å². The van der Waals surface area contributed by atoms with E-state index in [1.807, 2.05) is 18.2 Å². The lowest BCUT2D eigenvalue weighted by molar-refractivity contribution is 0.658. The molecule has 0 radical (unpaired) electrons. The van der Waals surface area contributed by atoms with Gasteiger partial charge < -0.3 is 4.90 Å². The van der Waals surface area contributed by atoms with Gasteiger partial charge in [0.2, 0.25) is 0 Å². The molecule has 0 unspecified atom stereocenters. The molecule has 0 atom stereocenters. The van der Waals surface area contributed by atoms with E-state index >= 15 is 4.21 Å². The van der Waals surface area contributed by atoms with Crippen molar-refractivity contribution >= 4 is 26.1 Å². The minimum atomic E-state index is -4.00. The molecule has 8 aromatic rings. The SMILES string of the molecule is O=S12(c3ccccc3-c3ccccc31)c1ccccc1-c1c(N3c4ccccc4C(c4ccccc4)(c4ccccc4)c4ccccc43)cccc12. The van der Waals surface area contributed by atoms with Crippen molar-refractivity contribution in [1.82, 2.24) is 0 Å². The largest absolute Gasteiger partial charge is 0.309 e. The van der Waals surface area contributed by atoms with E-state index < -0.39 is 14.5 Å². The normalized spacial score (nSPS) is 16.7. The molecule has 3 aliphatic heterocycles. The fraction of sp³-hybridized carbons (Fsp3) is 0.0204. The fourth-order valence-electron chi connectivity index (χ4n) is 9.75. The summed E-state index contributed by atoms with van der Waals surface area (Å²) in [6.45, 7) is 0. The number of hydrogen-bond acceptors (Lipinski definition) is 2. The highest BCUT2D eigenvalue weighted by atomic mass is 32.3. The summed E-state index contributed by atoms with van der Waals surface area (Å²) in [5.74, 6) is 0. The fourth-order valence-corrected chi connectivity index (χ4v) is 14.9. The Kier molecular flexibility index (Phi) is 5.88. The molecule has 3 heteroatoms. The van der Waals surface area contributed by atoms with Crippen LogP contribution in [0.1, 0.15) is 22.3 Å². The Morgan fingerprint density at radius 3 is 1.27 bits per heavy atom. The first kappa shape index (κ1) is 29.4. The number of rotatable bonds is 3. The van der Waals surface area contributed by atoms with E-state index in [0.717, 1.165) is 58.9 Å². The van der Waals surface area contributed by atoms with Gasteiger partial charge in [-0.25, -0.2) is 0 Å². The maximum atomic E-state index is 17.3. The summed E-state index contributed by atoms with van der Waals surface area (Å²) >= 11 is 0. The van der Waals surface area contributed by atoms with Gasteiger partial charge in [0.1, 0.15) is 0 Å². The van der Waals surface area contributed by atoms with Gasteiger partial charge in [0.15, 0.2) is 0 Å². The van der Waals surface area contributed by atoms with Crippen LogP contribution >= 0.6 is 0 Å². The maximum Gasteiger partial charge on any atom is 0.0742 e. The highest BCUT2D eigenvalue weighted by Crippen LogP contribution is 2.72. The topological polar surface area (TPSA) is 20.3 Å². The van der Waals surface area contributed by atoms with Crippen molar-refractivity contribution in [3.8, 4) is 22.3 Å². The van der Waals surface area contributed by atoms with Crippen LogP contribution in [0.4, 0.5) is 17.1 Å². The van der Waals surface area contributed by atoms with Crippen molar-refractivity contribution in [2.45, 2.75) is 25.0 Å². The van der Waals surface area contributed by atoms with Crippen LogP contribution in [0.2, 0.25) is 0 Å². The van der Waals surface area contributed by atoms with Crippen molar-refractivity contribution in [1.29, 1.82) is 0 Å². The van der Waals surface area contributed by atoms with Crippen LogP contribution in [0.3, 0.4) is 0 Å². The Hall–Kier alpha value is -6.29. The lowest BCUT2D eigenvalue weighted by Crippen LogP contribution is -2.37. The van der Waals surface area contributed by atoms with Gasteiger partial charge in [-0.1, -0.05) is 158 Å². The molecule has 0 bridgehead atoms. The van der Waals surface area contributed by atoms with E-state index in [4.69, 9.17) is 0 Å². The van der Waals surface area contributed by atoms with Crippen molar-refractivity contribution in [3.05, 3.63) is 222 Å². The molecule has 0 aliphatic carbocycles. The zero-order chi connectivity index (χ0) is 34.5. The summed E-state index contributed by atoms with van der Waals surface area (Å²) in [7, 11) is -4.00. The zero-order valence-electron chi connectivity index (χ0n) is 28.3. The minimum Gasteiger partial charge on any atom is -0.309 e. The van der Waals surface area contributed by atoms with E-state index in [9.17, 15) is 0 Å². The number of hydrogen-bond donors (Lipinski definition) is 0. The molecular formula is C49H33NOS. The van der Waals surface area contributed by atoms with Crippen molar-refractivity contribution in [2.24, 2.45) is 0 Å². The smallest absolute Gasteiger partial charge is 0.0742 e. The molecule has 0 aromatic heterocycles. The number of para-hydroxylation sites is 2. The van der Waals surface area contributed by atoms with E-state index in [1.54, 1.807) is 0 Å². The highest BCUT2D eigenvalue weighted by Gasteiger charge is 2.58. The Morgan fingerprint density at radius 2 is 0.731 bits per heavy atom. The summed E-state index contributed by atoms with van der Waals surface area (Å²) in [4.78, 5) is 6.00. The Morgan fingerprint density at radius 1 is 0.346 bits per heavy atom. The van der Waals surface area contributed by atoms with Crippen molar-refractivity contribution < 1.29 is 4.21 Å². The molecule has 2 nitrogen and oxygen atoms in total.